The van der Waals surface area contributed by atoms with Crippen LogP contribution in [0.3, 0.4) is 0 Å². The molecule has 2 aromatic rings. The molecule has 3 nitrogen and oxygen atoms in total. The number of benzene rings is 2. The fraction of sp³-hybridized carbons (Fsp3) is 0.235. The molecule has 3 rings (SSSR count). The molecule has 4 heteroatoms. The molecule has 0 amide bonds. The molecule has 0 saturated heterocycles. The van der Waals surface area contributed by atoms with Gasteiger partial charge in [-0.15, -0.1) is 0 Å². The lowest BCUT2D eigenvalue weighted by atomic mass is 10.1. The molecule has 1 aliphatic rings. The summed E-state index contributed by atoms with van der Waals surface area (Å²) in [5.74, 6) is 0. The largest absolute Gasteiger partial charge is 0.334 e. The van der Waals surface area contributed by atoms with E-state index in [0.717, 1.165) is 22.7 Å². The van der Waals surface area contributed by atoms with Crippen molar-refractivity contribution in [2.45, 2.75) is 22.8 Å². The van der Waals surface area contributed by atoms with Crippen molar-refractivity contribution >= 4 is 23.1 Å². The Balaban J connectivity index is 2.20. The van der Waals surface area contributed by atoms with Crippen molar-refractivity contribution in [1.82, 2.24) is 5.32 Å². The molecular formula is C17H17N3S. The van der Waals surface area contributed by atoms with Crippen molar-refractivity contribution in [2.24, 2.45) is 0 Å². The summed E-state index contributed by atoms with van der Waals surface area (Å²) in [5.41, 5.74) is 2.95. The van der Waals surface area contributed by atoms with E-state index < -0.39 is 0 Å². The number of fused-ring (bicyclic) bond motifs is 2. The van der Waals surface area contributed by atoms with Gasteiger partial charge in [0.15, 0.2) is 0 Å². The van der Waals surface area contributed by atoms with E-state index in [2.05, 4.69) is 53.5 Å². The van der Waals surface area contributed by atoms with Gasteiger partial charge in [-0.1, -0.05) is 30.0 Å². The number of likely N-dealkylation sites (N-methyl/N-ethyl adjacent to an activating group) is 1. The number of hydrogen-bond donors (Lipinski definition) is 1. The van der Waals surface area contributed by atoms with Crippen LogP contribution in [-0.4, -0.2) is 19.6 Å². The van der Waals surface area contributed by atoms with Crippen molar-refractivity contribution in [3.63, 3.8) is 0 Å². The fourth-order valence-electron chi connectivity index (χ4n) is 2.77. The Bertz CT molecular complexity index is 705. The van der Waals surface area contributed by atoms with Gasteiger partial charge in [-0.25, -0.2) is 0 Å². The summed E-state index contributed by atoms with van der Waals surface area (Å²) < 4.78 is 0. The van der Waals surface area contributed by atoms with E-state index in [1.54, 1.807) is 11.8 Å². The van der Waals surface area contributed by atoms with Crippen LogP contribution in [0.15, 0.2) is 52.3 Å². The molecule has 1 N–H and O–H groups in total. The van der Waals surface area contributed by atoms with Crippen LogP contribution in [0.2, 0.25) is 0 Å². The molecular weight excluding hydrogens is 278 g/mol. The lowest BCUT2D eigenvalue weighted by molar-refractivity contribution is 0.641. The maximum absolute atomic E-state index is 9.47. The number of nitriles is 1. The van der Waals surface area contributed by atoms with Gasteiger partial charge in [-0.05, 0) is 38.2 Å². The van der Waals surface area contributed by atoms with E-state index >= 15 is 0 Å². The maximum atomic E-state index is 9.47. The SMILES string of the molecule is CNC[C@@H](C)N1c2ccccc2Sc2cccc(C#N)c21. The highest BCUT2D eigenvalue weighted by Crippen LogP contribution is 2.50. The number of para-hydroxylation sites is 2. The first-order chi connectivity index (χ1) is 10.3. The average molecular weight is 295 g/mol. The standard InChI is InChI=1S/C17H17N3S/c1-12(11-19-2)20-14-7-3-4-8-15(14)21-16-9-5-6-13(10-18)17(16)20/h3-9,12,19H,11H2,1-2H3/t12-/m1/s1. The first-order valence-electron chi connectivity index (χ1n) is 7.00. The highest BCUT2D eigenvalue weighted by Gasteiger charge is 2.28. The predicted molar refractivity (Wildman–Crippen MR) is 87.2 cm³/mol. The third kappa shape index (κ3) is 2.39. The average Bonchev–Trinajstić information content (AvgIpc) is 2.52. The minimum Gasteiger partial charge on any atom is -0.334 e. The fourth-order valence-corrected chi connectivity index (χ4v) is 3.88. The van der Waals surface area contributed by atoms with Gasteiger partial charge in [0.25, 0.3) is 0 Å². The Morgan fingerprint density at radius 3 is 2.71 bits per heavy atom. The van der Waals surface area contributed by atoms with Crippen molar-refractivity contribution in [1.29, 1.82) is 5.26 Å². The summed E-state index contributed by atoms with van der Waals surface area (Å²) in [7, 11) is 1.96. The number of rotatable bonds is 3. The first-order valence-corrected chi connectivity index (χ1v) is 7.81. The summed E-state index contributed by atoms with van der Waals surface area (Å²) in [4.78, 5) is 4.68. The number of anilines is 2. The summed E-state index contributed by atoms with van der Waals surface area (Å²) in [6.45, 7) is 3.04. The molecule has 1 aliphatic heterocycles. The summed E-state index contributed by atoms with van der Waals surface area (Å²) in [6, 6.07) is 16.9. The minimum absolute atomic E-state index is 0.269. The van der Waals surface area contributed by atoms with Crippen LogP contribution in [0, 0.1) is 11.3 Å². The van der Waals surface area contributed by atoms with E-state index in [1.807, 2.05) is 19.2 Å². The molecule has 0 aromatic heterocycles. The Hall–Kier alpha value is -1.96. The summed E-state index contributed by atoms with van der Waals surface area (Å²) >= 11 is 1.74. The smallest absolute Gasteiger partial charge is 0.101 e. The molecule has 1 atom stereocenters. The van der Waals surface area contributed by atoms with Gasteiger partial charge in [-0.2, -0.15) is 5.26 Å². The predicted octanol–water partition coefficient (Wildman–Crippen LogP) is 3.77. The van der Waals surface area contributed by atoms with Crippen molar-refractivity contribution in [3.8, 4) is 6.07 Å². The summed E-state index contributed by atoms with van der Waals surface area (Å²) in [5, 5.41) is 12.7. The van der Waals surface area contributed by atoms with E-state index in [1.165, 1.54) is 10.6 Å². The summed E-state index contributed by atoms with van der Waals surface area (Å²) in [6.07, 6.45) is 0. The Labute approximate surface area is 129 Å². The van der Waals surface area contributed by atoms with E-state index in [4.69, 9.17) is 0 Å². The molecule has 0 bridgehead atoms. The van der Waals surface area contributed by atoms with E-state index in [0.29, 0.717) is 0 Å². The van der Waals surface area contributed by atoms with Gasteiger partial charge >= 0.3 is 0 Å². The highest BCUT2D eigenvalue weighted by molar-refractivity contribution is 7.99. The second-order valence-corrected chi connectivity index (χ2v) is 6.19. The van der Waals surface area contributed by atoms with Crippen LogP contribution >= 0.6 is 11.8 Å². The maximum Gasteiger partial charge on any atom is 0.101 e. The molecule has 0 fully saturated rings. The van der Waals surface area contributed by atoms with Crippen LogP contribution in [0.4, 0.5) is 11.4 Å². The van der Waals surface area contributed by atoms with E-state index in [-0.39, 0.29) is 6.04 Å². The molecule has 0 saturated carbocycles. The number of nitrogens with zero attached hydrogens (tertiary/aromatic N) is 2. The zero-order valence-electron chi connectivity index (χ0n) is 12.1. The van der Waals surface area contributed by atoms with Crippen LogP contribution in [0.25, 0.3) is 0 Å². The van der Waals surface area contributed by atoms with Gasteiger partial charge in [0.05, 0.1) is 16.9 Å². The number of hydrogen-bond acceptors (Lipinski definition) is 4. The minimum atomic E-state index is 0.269. The van der Waals surface area contributed by atoms with Gasteiger partial charge in [0.2, 0.25) is 0 Å². The first kappa shape index (κ1) is 14.0. The molecule has 0 spiro atoms. The number of nitrogens with one attached hydrogen (secondary N) is 1. The topological polar surface area (TPSA) is 39.1 Å². The van der Waals surface area contributed by atoms with Crippen molar-refractivity contribution < 1.29 is 0 Å². The Morgan fingerprint density at radius 1 is 1.19 bits per heavy atom. The molecule has 0 aliphatic carbocycles. The second kappa shape index (κ2) is 5.80. The monoisotopic (exact) mass is 295 g/mol. The highest BCUT2D eigenvalue weighted by atomic mass is 32.2. The van der Waals surface area contributed by atoms with Gasteiger partial charge in [0.1, 0.15) is 6.07 Å². The third-order valence-corrected chi connectivity index (χ3v) is 4.76. The molecule has 0 unspecified atom stereocenters. The zero-order valence-corrected chi connectivity index (χ0v) is 12.9. The molecule has 0 radical (unpaired) electrons. The van der Waals surface area contributed by atoms with Gasteiger partial charge in [-0.3, -0.25) is 0 Å². The van der Waals surface area contributed by atoms with Gasteiger partial charge in [0, 0.05) is 22.4 Å². The molecule has 21 heavy (non-hydrogen) atoms. The normalized spacial score (nSPS) is 14.0. The Morgan fingerprint density at radius 2 is 1.95 bits per heavy atom. The Kier molecular flexibility index (Phi) is 3.87. The zero-order chi connectivity index (χ0) is 14.8. The lowest BCUT2D eigenvalue weighted by Crippen LogP contribution is -2.38. The van der Waals surface area contributed by atoms with Crippen molar-refractivity contribution in [3.05, 3.63) is 48.0 Å². The lowest BCUT2D eigenvalue weighted by Gasteiger charge is -2.37. The molecule has 1 heterocycles. The second-order valence-electron chi connectivity index (χ2n) is 5.11. The van der Waals surface area contributed by atoms with Crippen LogP contribution in [-0.2, 0) is 0 Å². The third-order valence-electron chi connectivity index (χ3n) is 3.65. The van der Waals surface area contributed by atoms with Gasteiger partial charge < -0.3 is 10.2 Å². The molecule has 106 valence electrons. The van der Waals surface area contributed by atoms with Crippen LogP contribution < -0.4 is 10.2 Å². The molecule has 2 aromatic carbocycles. The quantitative estimate of drug-likeness (QED) is 0.935. The van der Waals surface area contributed by atoms with Crippen LogP contribution in [0.1, 0.15) is 12.5 Å². The van der Waals surface area contributed by atoms with Crippen molar-refractivity contribution in [2.75, 3.05) is 18.5 Å². The van der Waals surface area contributed by atoms with Crippen LogP contribution in [0.5, 0.6) is 0 Å². The van der Waals surface area contributed by atoms with E-state index in [9.17, 15) is 5.26 Å².